The molecule has 3 aromatic rings. The number of nitrogens with one attached hydrogen (secondary N) is 2. The first kappa shape index (κ1) is 25.9. The highest BCUT2D eigenvalue weighted by molar-refractivity contribution is 7.13. The lowest BCUT2D eigenvalue weighted by atomic mass is 10.0. The topological polar surface area (TPSA) is 97.8 Å². The lowest BCUT2D eigenvalue weighted by molar-refractivity contribution is -0.138. The van der Waals surface area contributed by atoms with Gasteiger partial charge in [0.2, 0.25) is 0 Å². The van der Waals surface area contributed by atoms with Gasteiger partial charge in [0.1, 0.15) is 11.9 Å². The van der Waals surface area contributed by atoms with Gasteiger partial charge in [-0.25, -0.2) is 4.79 Å². The van der Waals surface area contributed by atoms with Crippen molar-refractivity contribution in [1.82, 2.24) is 14.6 Å². The highest BCUT2D eigenvalue weighted by Crippen LogP contribution is 2.29. The van der Waals surface area contributed by atoms with Gasteiger partial charge >= 0.3 is 5.97 Å². The number of anilines is 2. The Hall–Kier alpha value is -3.17. The Labute approximate surface area is 216 Å². The van der Waals surface area contributed by atoms with Crippen LogP contribution in [0.3, 0.4) is 0 Å². The van der Waals surface area contributed by atoms with Crippen molar-refractivity contribution in [1.29, 1.82) is 0 Å². The van der Waals surface area contributed by atoms with E-state index < -0.39 is 12.0 Å². The lowest BCUT2D eigenvalue weighted by Crippen LogP contribution is -2.46. The molecule has 1 saturated heterocycles. The summed E-state index contributed by atoms with van der Waals surface area (Å²) in [7, 11) is 0. The smallest absolute Gasteiger partial charge is 0.326 e. The molecule has 1 aromatic heterocycles. The molecular weight excluding hydrogens is 474 g/mol. The summed E-state index contributed by atoms with van der Waals surface area (Å²) >= 11 is 1.56. The molecule has 1 aliphatic heterocycles. The number of nitrogens with zero attached hydrogens (tertiary/aromatic N) is 3. The van der Waals surface area contributed by atoms with E-state index in [4.69, 9.17) is 0 Å². The molecule has 8 nitrogen and oxygen atoms in total. The summed E-state index contributed by atoms with van der Waals surface area (Å²) in [5.41, 5.74) is 1.01. The minimum absolute atomic E-state index is 0.110. The number of piperazine rings is 1. The van der Waals surface area contributed by atoms with Gasteiger partial charge in [0.25, 0.3) is 5.91 Å². The molecule has 192 valence electrons. The van der Waals surface area contributed by atoms with Gasteiger partial charge in [0.15, 0.2) is 0 Å². The molecule has 0 radical (unpaired) electrons. The number of fused-ring (bicyclic) bond motifs is 1. The van der Waals surface area contributed by atoms with E-state index in [1.54, 1.807) is 35.8 Å². The summed E-state index contributed by atoms with van der Waals surface area (Å²) in [6, 6.07) is 14.7. The second-order valence-corrected chi connectivity index (χ2v) is 10.3. The first-order valence-electron chi connectivity index (χ1n) is 12.6. The molecule has 0 saturated carbocycles. The quantitative estimate of drug-likeness (QED) is 0.334. The molecule has 2 heterocycles. The van der Waals surface area contributed by atoms with E-state index in [2.05, 4.69) is 49.1 Å². The van der Waals surface area contributed by atoms with Gasteiger partial charge in [0, 0.05) is 43.8 Å². The number of para-hydroxylation sites is 1. The van der Waals surface area contributed by atoms with Crippen molar-refractivity contribution >= 4 is 45.0 Å². The van der Waals surface area contributed by atoms with Crippen LogP contribution in [0.2, 0.25) is 0 Å². The number of hydrogen-bond acceptors (Lipinski definition) is 7. The maximum atomic E-state index is 12.8. The van der Waals surface area contributed by atoms with E-state index in [-0.39, 0.29) is 11.8 Å². The zero-order valence-corrected chi connectivity index (χ0v) is 21.8. The maximum Gasteiger partial charge on any atom is 0.326 e. The Morgan fingerprint density at radius 1 is 1.03 bits per heavy atom. The van der Waals surface area contributed by atoms with Crippen LogP contribution < -0.4 is 15.5 Å². The zero-order chi connectivity index (χ0) is 25.5. The molecule has 1 aliphatic rings. The molecule has 2 aromatic carbocycles. The number of benzene rings is 2. The third kappa shape index (κ3) is 6.33. The summed E-state index contributed by atoms with van der Waals surface area (Å²) in [6.45, 7) is 9.25. The van der Waals surface area contributed by atoms with Gasteiger partial charge in [-0.1, -0.05) is 38.1 Å². The van der Waals surface area contributed by atoms with Gasteiger partial charge in [-0.05, 0) is 61.1 Å². The minimum atomic E-state index is -0.930. The average molecular weight is 510 g/mol. The molecule has 3 N–H and O–H groups in total. The van der Waals surface area contributed by atoms with Crippen LogP contribution in [0.25, 0.3) is 10.1 Å². The Morgan fingerprint density at radius 2 is 1.75 bits per heavy atom. The minimum Gasteiger partial charge on any atom is -0.480 e. The van der Waals surface area contributed by atoms with E-state index in [1.165, 1.54) is 10.1 Å². The predicted octanol–water partition coefficient (Wildman–Crippen LogP) is 4.15. The van der Waals surface area contributed by atoms with Crippen LogP contribution in [0.1, 0.15) is 37.0 Å². The van der Waals surface area contributed by atoms with Crippen molar-refractivity contribution in [2.45, 2.75) is 32.7 Å². The molecule has 36 heavy (non-hydrogen) atoms. The highest BCUT2D eigenvalue weighted by atomic mass is 32.1. The summed E-state index contributed by atoms with van der Waals surface area (Å²) in [5, 5.41) is 16.7. The SMILES string of the molecule is CC(C)[C@H](Nc1ccccc1C(=O)NCCCCN1CCN(c2nsc3ccccc23)CC1)C(=O)O. The number of hydrogen-bond donors (Lipinski definition) is 3. The second kappa shape index (κ2) is 12.2. The monoisotopic (exact) mass is 509 g/mol. The number of aromatic nitrogens is 1. The van der Waals surface area contributed by atoms with Crippen LogP contribution in [0, 0.1) is 5.92 Å². The first-order chi connectivity index (χ1) is 17.4. The Balaban J connectivity index is 1.19. The molecule has 0 spiro atoms. The normalized spacial score (nSPS) is 15.2. The van der Waals surface area contributed by atoms with Crippen molar-refractivity contribution in [3.8, 4) is 0 Å². The number of carboxylic acids is 1. The fourth-order valence-corrected chi connectivity index (χ4v) is 5.33. The number of amides is 1. The fourth-order valence-electron chi connectivity index (χ4n) is 4.53. The number of rotatable bonds is 11. The average Bonchev–Trinajstić information content (AvgIpc) is 3.31. The fraction of sp³-hybridized carbons (Fsp3) is 0.444. The molecule has 0 bridgehead atoms. The summed E-state index contributed by atoms with van der Waals surface area (Å²) in [6.07, 6.45) is 1.90. The van der Waals surface area contributed by atoms with E-state index in [0.29, 0.717) is 17.8 Å². The van der Waals surface area contributed by atoms with Gasteiger partial charge in [-0.2, -0.15) is 4.37 Å². The Bertz CT molecular complexity index is 1170. The van der Waals surface area contributed by atoms with Gasteiger partial charge in [-0.3, -0.25) is 9.69 Å². The molecule has 4 rings (SSSR count). The summed E-state index contributed by atoms with van der Waals surface area (Å²) in [5.74, 6) is -0.117. The van der Waals surface area contributed by atoms with E-state index >= 15 is 0 Å². The summed E-state index contributed by atoms with van der Waals surface area (Å²) in [4.78, 5) is 29.2. The molecule has 0 aliphatic carbocycles. The highest BCUT2D eigenvalue weighted by Gasteiger charge is 2.23. The van der Waals surface area contributed by atoms with Crippen LogP contribution in [0.4, 0.5) is 11.5 Å². The number of carbonyl (C=O) groups excluding carboxylic acids is 1. The van der Waals surface area contributed by atoms with Crippen LogP contribution in [0.15, 0.2) is 48.5 Å². The van der Waals surface area contributed by atoms with Crippen molar-refractivity contribution in [2.24, 2.45) is 5.92 Å². The molecule has 1 amide bonds. The van der Waals surface area contributed by atoms with Crippen molar-refractivity contribution in [3.63, 3.8) is 0 Å². The third-order valence-corrected chi connectivity index (χ3v) is 7.45. The number of carbonyl (C=O) groups is 2. The predicted molar refractivity (Wildman–Crippen MR) is 146 cm³/mol. The summed E-state index contributed by atoms with van der Waals surface area (Å²) < 4.78 is 5.92. The van der Waals surface area contributed by atoms with Gasteiger partial charge in [-0.15, -0.1) is 0 Å². The van der Waals surface area contributed by atoms with E-state index in [0.717, 1.165) is 51.4 Å². The van der Waals surface area contributed by atoms with Crippen molar-refractivity contribution in [2.75, 3.05) is 49.5 Å². The Kier molecular flexibility index (Phi) is 8.77. The molecule has 0 unspecified atom stereocenters. The molecular formula is C27H35N5O3S. The van der Waals surface area contributed by atoms with E-state index in [9.17, 15) is 14.7 Å². The van der Waals surface area contributed by atoms with Crippen molar-refractivity contribution in [3.05, 3.63) is 54.1 Å². The second-order valence-electron chi connectivity index (χ2n) is 9.54. The van der Waals surface area contributed by atoms with E-state index in [1.807, 2.05) is 13.8 Å². The lowest BCUT2D eigenvalue weighted by Gasteiger charge is -2.35. The largest absolute Gasteiger partial charge is 0.480 e. The number of unbranched alkanes of at least 4 members (excludes halogenated alkanes) is 1. The van der Waals surface area contributed by atoms with Crippen LogP contribution in [-0.2, 0) is 4.79 Å². The first-order valence-corrected chi connectivity index (χ1v) is 13.4. The Morgan fingerprint density at radius 3 is 2.50 bits per heavy atom. The zero-order valence-electron chi connectivity index (χ0n) is 20.9. The molecule has 1 atom stereocenters. The molecule has 9 heteroatoms. The van der Waals surface area contributed by atoms with Crippen LogP contribution in [0.5, 0.6) is 0 Å². The number of aliphatic carboxylic acids is 1. The van der Waals surface area contributed by atoms with Gasteiger partial charge < -0.3 is 20.6 Å². The number of carboxylic acid groups (broad SMARTS) is 1. The molecule has 1 fully saturated rings. The van der Waals surface area contributed by atoms with Gasteiger partial charge in [0.05, 0.1) is 10.3 Å². The van der Waals surface area contributed by atoms with Crippen molar-refractivity contribution < 1.29 is 14.7 Å². The standard InChI is InChI=1S/C27H35N5O3S/c1-19(2)24(27(34)35)29-22-11-5-3-9-20(22)26(33)28-13-7-8-14-31-15-17-32(18-16-31)25-21-10-4-6-12-23(21)36-30-25/h3-6,9-12,19,24,29H,7-8,13-18H2,1-2H3,(H,28,33)(H,34,35)/t24-/m0/s1. The van der Waals surface area contributed by atoms with Crippen LogP contribution >= 0.6 is 11.5 Å². The third-order valence-electron chi connectivity index (χ3n) is 6.63. The maximum absolute atomic E-state index is 12.8. The van der Waals surface area contributed by atoms with Crippen LogP contribution in [-0.4, -0.2) is 71.6 Å².